The van der Waals surface area contributed by atoms with Gasteiger partial charge in [0, 0.05) is 43.0 Å². The van der Waals surface area contributed by atoms with Crippen molar-refractivity contribution in [2.24, 2.45) is 0 Å². The molecule has 0 bridgehead atoms. The number of nitrogens with one attached hydrogen (secondary N) is 1. The number of rotatable bonds is 6. The number of hydrogen-bond donors (Lipinski definition) is 1. The second kappa shape index (κ2) is 8.20. The van der Waals surface area contributed by atoms with E-state index in [-0.39, 0.29) is 0 Å². The largest absolute Gasteiger partial charge is 0.378 e. The second-order valence-electron chi connectivity index (χ2n) is 6.26. The Morgan fingerprint density at radius 2 is 2.11 bits per heavy atom. The van der Waals surface area contributed by atoms with Crippen molar-refractivity contribution in [2.45, 2.75) is 13.2 Å². The molecular weight excluding hydrogens is 412 g/mol. The van der Waals surface area contributed by atoms with E-state index in [4.69, 9.17) is 9.47 Å². The third-order valence-electron chi connectivity index (χ3n) is 4.46. The predicted molar refractivity (Wildman–Crippen MR) is 106 cm³/mol. The van der Waals surface area contributed by atoms with Gasteiger partial charge in [0.2, 0.25) is 0 Å². The van der Waals surface area contributed by atoms with Crippen LogP contribution in [0.25, 0.3) is 5.78 Å². The van der Waals surface area contributed by atoms with Crippen LogP contribution < -0.4 is 10.2 Å². The third kappa shape index (κ3) is 4.05. The van der Waals surface area contributed by atoms with Gasteiger partial charge in [-0.2, -0.15) is 14.6 Å². The Bertz CT molecular complexity index is 925. The number of aromatic nitrogens is 4. The fourth-order valence-corrected chi connectivity index (χ4v) is 3.53. The molecule has 3 heterocycles. The summed E-state index contributed by atoms with van der Waals surface area (Å²) in [6.07, 6.45) is 1.50. The Kier molecular flexibility index (Phi) is 5.51. The minimum Gasteiger partial charge on any atom is -0.378 e. The molecule has 0 aliphatic carbocycles. The summed E-state index contributed by atoms with van der Waals surface area (Å²) in [5.74, 6) is 1.39. The van der Waals surface area contributed by atoms with Gasteiger partial charge in [-0.15, -0.1) is 0 Å². The monoisotopic (exact) mass is 432 g/mol. The van der Waals surface area contributed by atoms with Crippen LogP contribution in [0.3, 0.4) is 0 Å². The Balaban J connectivity index is 1.60. The van der Waals surface area contributed by atoms with Crippen molar-refractivity contribution < 1.29 is 9.47 Å². The van der Waals surface area contributed by atoms with Gasteiger partial charge < -0.3 is 19.7 Å². The van der Waals surface area contributed by atoms with Crippen molar-refractivity contribution in [3.63, 3.8) is 0 Å². The molecule has 4 rings (SSSR count). The van der Waals surface area contributed by atoms with Gasteiger partial charge in [0.05, 0.1) is 25.5 Å². The lowest BCUT2D eigenvalue weighted by Crippen LogP contribution is -2.37. The van der Waals surface area contributed by atoms with E-state index in [2.05, 4.69) is 59.4 Å². The summed E-state index contributed by atoms with van der Waals surface area (Å²) in [5, 5.41) is 7.74. The Hall–Kier alpha value is -2.23. The van der Waals surface area contributed by atoms with Crippen LogP contribution in [0.1, 0.15) is 11.3 Å². The zero-order valence-corrected chi connectivity index (χ0v) is 16.6. The molecule has 0 spiro atoms. The molecule has 142 valence electrons. The maximum atomic E-state index is 5.49. The minimum atomic E-state index is 0.426. The summed E-state index contributed by atoms with van der Waals surface area (Å²) in [5.41, 5.74) is 3.23. The van der Waals surface area contributed by atoms with Crippen LogP contribution in [-0.2, 0) is 22.6 Å². The van der Waals surface area contributed by atoms with E-state index in [1.54, 1.807) is 11.6 Å². The lowest BCUT2D eigenvalue weighted by molar-refractivity contribution is 0.122. The number of anilines is 2. The van der Waals surface area contributed by atoms with Gasteiger partial charge in [0.15, 0.2) is 0 Å². The van der Waals surface area contributed by atoms with Crippen LogP contribution in [0.2, 0.25) is 0 Å². The normalized spacial score (nSPS) is 14.7. The number of morpholine rings is 1. The van der Waals surface area contributed by atoms with Crippen LogP contribution in [0, 0.1) is 0 Å². The molecule has 2 aromatic heterocycles. The zero-order valence-electron chi connectivity index (χ0n) is 15.1. The summed E-state index contributed by atoms with van der Waals surface area (Å²) in [4.78, 5) is 11.0. The van der Waals surface area contributed by atoms with Crippen molar-refractivity contribution >= 4 is 33.2 Å². The molecule has 27 heavy (non-hydrogen) atoms. The lowest BCUT2D eigenvalue weighted by atomic mass is 10.1. The molecule has 3 aromatic rings. The molecular formula is C18H21BrN6O2. The van der Waals surface area contributed by atoms with E-state index in [0.717, 1.165) is 42.3 Å². The molecule has 1 aliphatic rings. The number of fused-ring (bicyclic) bond motifs is 1. The molecule has 0 amide bonds. The predicted octanol–water partition coefficient (Wildman–Crippen LogP) is 2.48. The van der Waals surface area contributed by atoms with Gasteiger partial charge in [0.25, 0.3) is 5.78 Å². The maximum Gasteiger partial charge on any atom is 0.254 e. The average Bonchev–Trinajstić information content (AvgIpc) is 3.16. The zero-order chi connectivity index (χ0) is 18.6. The first-order valence-electron chi connectivity index (χ1n) is 8.78. The summed E-state index contributed by atoms with van der Waals surface area (Å²) >= 11 is 3.59. The highest BCUT2D eigenvalue weighted by molar-refractivity contribution is 9.10. The van der Waals surface area contributed by atoms with Crippen LogP contribution >= 0.6 is 15.9 Å². The maximum absolute atomic E-state index is 5.49. The third-order valence-corrected chi connectivity index (χ3v) is 4.95. The first-order valence-corrected chi connectivity index (χ1v) is 9.57. The number of nitrogens with zero attached hydrogens (tertiary/aromatic N) is 5. The van der Waals surface area contributed by atoms with Gasteiger partial charge in [-0.1, -0.05) is 22.0 Å². The van der Waals surface area contributed by atoms with Crippen LogP contribution in [0.4, 0.5) is 11.5 Å². The van der Waals surface area contributed by atoms with Gasteiger partial charge in [-0.05, 0) is 17.7 Å². The number of hydrogen-bond acceptors (Lipinski definition) is 7. The van der Waals surface area contributed by atoms with Crippen molar-refractivity contribution in [1.82, 2.24) is 19.6 Å². The van der Waals surface area contributed by atoms with E-state index in [9.17, 15) is 0 Å². The Labute approximate surface area is 165 Å². The molecule has 1 saturated heterocycles. The fraction of sp³-hybridized carbons (Fsp3) is 0.389. The van der Waals surface area contributed by atoms with E-state index in [0.29, 0.717) is 18.9 Å². The molecule has 1 fully saturated rings. The molecule has 8 nitrogen and oxygen atoms in total. The van der Waals surface area contributed by atoms with E-state index in [1.165, 1.54) is 17.6 Å². The van der Waals surface area contributed by atoms with E-state index < -0.39 is 0 Å². The van der Waals surface area contributed by atoms with Crippen molar-refractivity contribution in [3.8, 4) is 0 Å². The highest BCUT2D eigenvalue weighted by Crippen LogP contribution is 2.27. The highest BCUT2D eigenvalue weighted by Gasteiger charge is 2.16. The van der Waals surface area contributed by atoms with Crippen molar-refractivity contribution in [3.05, 3.63) is 46.3 Å². The number of benzene rings is 1. The lowest BCUT2D eigenvalue weighted by Gasteiger charge is -2.31. The topological polar surface area (TPSA) is 76.8 Å². The van der Waals surface area contributed by atoms with Crippen molar-refractivity contribution in [2.75, 3.05) is 43.6 Å². The Morgan fingerprint density at radius 1 is 1.26 bits per heavy atom. The van der Waals surface area contributed by atoms with Crippen LogP contribution in [-0.4, -0.2) is 53.0 Å². The molecule has 1 N–H and O–H groups in total. The van der Waals surface area contributed by atoms with E-state index in [1.807, 2.05) is 6.07 Å². The van der Waals surface area contributed by atoms with Gasteiger partial charge in [-0.3, -0.25) is 0 Å². The molecule has 9 heteroatoms. The quantitative estimate of drug-likeness (QED) is 0.640. The standard InChI is InChI=1S/C18H21BrN6O2/c1-26-11-15-9-17(25-18(23-15)21-12-22-25)20-10-13-2-3-14(19)8-16(13)24-4-6-27-7-5-24/h2-3,8-9,12,20H,4-7,10-11H2,1H3. The molecule has 0 saturated carbocycles. The summed E-state index contributed by atoms with van der Waals surface area (Å²) in [7, 11) is 1.65. The number of halogens is 1. The highest BCUT2D eigenvalue weighted by atomic mass is 79.9. The fourth-order valence-electron chi connectivity index (χ4n) is 3.18. The molecule has 1 aromatic carbocycles. The van der Waals surface area contributed by atoms with Crippen LogP contribution in [0.15, 0.2) is 35.1 Å². The smallest absolute Gasteiger partial charge is 0.254 e. The molecule has 1 aliphatic heterocycles. The first kappa shape index (κ1) is 18.1. The SMILES string of the molecule is COCc1cc(NCc2ccc(Br)cc2N2CCOCC2)n2ncnc2n1. The van der Waals surface area contributed by atoms with Crippen LogP contribution in [0.5, 0.6) is 0 Å². The summed E-state index contributed by atoms with van der Waals surface area (Å²) < 4.78 is 13.5. The summed E-state index contributed by atoms with van der Waals surface area (Å²) in [6.45, 7) is 4.38. The number of methoxy groups -OCH3 is 1. The minimum absolute atomic E-state index is 0.426. The molecule has 0 unspecified atom stereocenters. The second-order valence-corrected chi connectivity index (χ2v) is 7.18. The average molecular weight is 433 g/mol. The Morgan fingerprint density at radius 3 is 2.93 bits per heavy atom. The first-order chi connectivity index (χ1) is 13.2. The molecule has 0 radical (unpaired) electrons. The van der Waals surface area contributed by atoms with E-state index >= 15 is 0 Å². The number of ether oxygens (including phenoxy) is 2. The van der Waals surface area contributed by atoms with Gasteiger partial charge in [0.1, 0.15) is 12.1 Å². The van der Waals surface area contributed by atoms with Gasteiger partial charge in [-0.25, -0.2) is 4.98 Å². The van der Waals surface area contributed by atoms with Crippen molar-refractivity contribution in [1.29, 1.82) is 0 Å². The molecule has 0 atom stereocenters. The van der Waals surface area contributed by atoms with Gasteiger partial charge >= 0.3 is 0 Å². The summed E-state index contributed by atoms with van der Waals surface area (Å²) in [6, 6.07) is 8.31.